The molecule has 0 fully saturated rings. The minimum Gasteiger partial charge on any atom is -0.508 e. The molecule has 0 aliphatic carbocycles. The van der Waals surface area contributed by atoms with Crippen LogP contribution in [0.5, 0.6) is 11.5 Å². The Hall–Kier alpha value is -3.02. The van der Waals surface area contributed by atoms with Gasteiger partial charge in [0.15, 0.2) is 0 Å². The summed E-state index contributed by atoms with van der Waals surface area (Å²) in [6.45, 7) is 2.39. The standard InChI is InChI=1S/C18H20N2O4/c1-3-20-17(23)12-6-4-11(5-7-12)10-14-15(21)9-8-13(16(14)22)18(24)19-2/h4-9,21-22H,3,10H2,1-2H3,(H,19,24)(H,20,23). The minimum atomic E-state index is -0.430. The number of carbonyl (C=O) groups excluding carboxylic acids is 2. The van der Waals surface area contributed by atoms with E-state index in [0.29, 0.717) is 12.1 Å². The number of benzene rings is 2. The molecular formula is C18H20N2O4. The third kappa shape index (κ3) is 3.65. The Labute approximate surface area is 140 Å². The van der Waals surface area contributed by atoms with Crippen LogP contribution in [-0.4, -0.2) is 35.6 Å². The van der Waals surface area contributed by atoms with Crippen LogP contribution in [0.4, 0.5) is 0 Å². The maximum atomic E-state index is 11.7. The second-order valence-corrected chi connectivity index (χ2v) is 5.27. The van der Waals surface area contributed by atoms with E-state index < -0.39 is 5.91 Å². The van der Waals surface area contributed by atoms with Crippen molar-refractivity contribution in [2.75, 3.05) is 13.6 Å². The lowest BCUT2D eigenvalue weighted by atomic mass is 9.99. The van der Waals surface area contributed by atoms with E-state index in [1.54, 1.807) is 24.3 Å². The molecule has 2 rings (SSSR count). The lowest BCUT2D eigenvalue weighted by molar-refractivity contribution is 0.0949. The van der Waals surface area contributed by atoms with Gasteiger partial charge in [-0.2, -0.15) is 0 Å². The van der Waals surface area contributed by atoms with Gasteiger partial charge in [0, 0.05) is 31.1 Å². The average Bonchev–Trinajstić information content (AvgIpc) is 2.58. The van der Waals surface area contributed by atoms with Gasteiger partial charge in [-0.1, -0.05) is 12.1 Å². The number of aromatic hydroxyl groups is 2. The SMILES string of the molecule is CCNC(=O)c1ccc(Cc2c(O)ccc(C(=O)NC)c2O)cc1. The Morgan fingerprint density at radius 1 is 1.00 bits per heavy atom. The monoisotopic (exact) mass is 328 g/mol. The third-order valence-electron chi connectivity index (χ3n) is 3.66. The molecule has 0 atom stereocenters. The summed E-state index contributed by atoms with van der Waals surface area (Å²) in [7, 11) is 1.47. The van der Waals surface area contributed by atoms with Gasteiger partial charge in [0.1, 0.15) is 11.5 Å². The number of hydrogen-bond acceptors (Lipinski definition) is 4. The number of phenolic OH excluding ortho intramolecular Hbond substituents is 2. The summed E-state index contributed by atoms with van der Waals surface area (Å²) in [5, 5.41) is 25.4. The molecule has 2 amide bonds. The van der Waals surface area contributed by atoms with Crippen molar-refractivity contribution in [1.29, 1.82) is 0 Å². The van der Waals surface area contributed by atoms with E-state index in [1.807, 2.05) is 6.92 Å². The molecule has 0 aliphatic heterocycles. The van der Waals surface area contributed by atoms with Gasteiger partial charge in [-0.25, -0.2) is 0 Å². The predicted molar refractivity (Wildman–Crippen MR) is 90.4 cm³/mol. The molecule has 2 aromatic carbocycles. The first-order valence-corrected chi connectivity index (χ1v) is 7.61. The summed E-state index contributed by atoms with van der Waals surface area (Å²) in [6, 6.07) is 9.59. The van der Waals surface area contributed by atoms with Gasteiger partial charge in [0.05, 0.1) is 5.56 Å². The minimum absolute atomic E-state index is 0.0899. The van der Waals surface area contributed by atoms with Crippen LogP contribution in [-0.2, 0) is 6.42 Å². The van der Waals surface area contributed by atoms with Crippen molar-refractivity contribution in [2.45, 2.75) is 13.3 Å². The molecule has 2 aromatic rings. The average molecular weight is 328 g/mol. The van der Waals surface area contributed by atoms with Gasteiger partial charge < -0.3 is 20.8 Å². The number of hydrogen-bond donors (Lipinski definition) is 4. The summed E-state index contributed by atoms with van der Waals surface area (Å²) in [4.78, 5) is 23.5. The van der Waals surface area contributed by atoms with Gasteiger partial charge in [-0.15, -0.1) is 0 Å². The molecule has 0 unspecified atom stereocenters. The molecule has 0 saturated heterocycles. The zero-order valence-electron chi connectivity index (χ0n) is 13.6. The number of amides is 2. The van der Waals surface area contributed by atoms with Crippen molar-refractivity contribution in [3.63, 3.8) is 0 Å². The highest BCUT2D eigenvalue weighted by Gasteiger charge is 2.17. The molecule has 24 heavy (non-hydrogen) atoms. The second kappa shape index (κ2) is 7.50. The summed E-state index contributed by atoms with van der Waals surface area (Å²) in [5.74, 6) is -0.924. The second-order valence-electron chi connectivity index (χ2n) is 5.27. The van der Waals surface area contributed by atoms with Crippen LogP contribution in [0.1, 0.15) is 38.8 Å². The molecule has 0 aliphatic rings. The Balaban J connectivity index is 2.28. The van der Waals surface area contributed by atoms with Gasteiger partial charge >= 0.3 is 0 Å². The lowest BCUT2D eigenvalue weighted by Crippen LogP contribution is -2.22. The molecule has 0 aromatic heterocycles. The van der Waals surface area contributed by atoms with Crippen LogP contribution >= 0.6 is 0 Å². The van der Waals surface area contributed by atoms with Crippen LogP contribution in [0.3, 0.4) is 0 Å². The highest BCUT2D eigenvalue weighted by Crippen LogP contribution is 2.32. The molecule has 0 spiro atoms. The first-order chi connectivity index (χ1) is 11.5. The van der Waals surface area contributed by atoms with E-state index in [1.165, 1.54) is 19.2 Å². The molecule has 126 valence electrons. The number of phenols is 2. The number of nitrogens with one attached hydrogen (secondary N) is 2. The molecule has 0 radical (unpaired) electrons. The first-order valence-electron chi connectivity index (χ1n) is 7.61. The van der Waals surface area contributed by atoms with E-state index in [4.69, 9.17) is 0 Å². The lowest BCUT2D eigenvalue weighted by Gasteiger charge is -2.11. The number of carbonyl (C=O) groups is 2. The summed E-state index contributed by atoms with van der Waals surface area (Å²) < 4.78 is 0. The van der Waals surface area contributed by atoms with Gasteiger partial charge in [-0.05, 0) is 36.8 Å². The summed E-state index contributed by atoms with van der Waals surface area (Å²) >= 11 is 0. The zero-order chi connectivity index (χ0) is 17.7. The van der Waals surface area contributed by atoms with Crippen molar-refractivity contribution in [2.24, 2.45) is 0 Å². The first kappa shape index (κ1) is 17.3. The van der Waals surface area contributed by atoms with E-state index in [2.05, 4.69) is 10.6 Å². The van der Waals surface area contributed by atoms with Crippen LogP contribution in [0.25, 0.3) is 0 Å². The molecule has 0 bridgehead atoms. The van der Waals surface area contributed by atoms with E-state index in [0.717, 1.165) is 5.56 Å². The highest BCUT2D eigenvalue weighted by atomic mass is 16.3. The number of rotatable bonds is 5. The fourth-order valence-electron chi connectivity index (χ4n) is 2.36. The summed E-state index contributed by atoms with van der Waals surface area (Å²) in [5.41, 5.74) is 1.70. The van der Waals surface area contributed by atoms with Crippen molar-refractivity contribution in [3.05, 3.63) is 58.7 Å². The Morgan fingerprint density at radius 3 is 2.25 bits per heavy atom. The Morgan fingerprint density at radius 2 is 1.67 bits per heavy atom. The van der Waals surface area contributed by atoms with Gasteiger partial charge in [0.25, 0.3) is 11.8 Å². The summed E-state index contributed by atoms with van der Waals surface area (Å²) in [6.07, 6.45) is 0.234. The van der Waals surface area contributed by atoms with Crippen LogP contribution in [0.2, 0.25) is 0 Å². The quantitative estimate of drug-likeness (QED) is 0.672. The third-order valence-corrected chi connectivity index (χ3v) is 3.66. The fourth-order valence-corrected chi connectivity index (χ4v) is 2.36. The van der Waals surface area contributed by atoms with E-state index in [-0.39, 0.29) is 35.0 Å². The van der Waals surface area contributed by atoms with Crippen LogP contribution in [0, 0.1) is 0 Å². The van der Waals surface area contributed by atoms with Crippen molar-refractivity contribution in [1.82, 2.24) is 10.6 Å². The maximum absolute atomic E-state index is 11.7. The van der Waals surface area contributed by atoms with E-state index >= 15 is 0 Å². The molecule has 0 heterocycles. The van der Waals surface area contributed by atoms with Gasteiger partial charge in [0.2, 0.25) is 0 Å². The van der Waals surface area contributed by atoms with Crippen molar-refractivity contribution >= 4 is 11.8 Å². The van der Waals surface area contributed by atoms with Crippen molar-refractivity contribution in [3.8, 4) is 11.5 Å². The molecule has 0 saturated carbocycles. The topological polar surface area (TPSA) is 98.7 Å². The maximum Gasteiger partial charge on any atom is 0.254 e. The normalized spacial score (nSPS) is 10.2. The van der Waals surface area contributed by atoms with Gasteiger partial charge in [-0.3, -0.25) is 9.59 Å². The van der Waals surface area contributed by atoms with Crippen LogP contribution in [0.15, 0.2) is 36.4 Å². The smallest absolute Gasteiger partial charge is 0.254 e. The molecular weight excluding hydrogens is 308 g/mol. The molecule has 6 heteroatoms. The molecule has 4 N–H and O–H groups in total. The van der Waals surface area contributed by atoms with Crippen LogP contribution < -0.4 is 10.6 Å². The molecule has 6 nitrogen and oxygen atoms in total. The Kier molecular flexibility index (Phi) is 5.42. The largest absolute Gasteiger partial charge is 0.508 e. The Bertz CT molecular complexity index is 754. The zero-order valence-corrected chi connectivity index (χ0v) is 13.6. The highest BCUT2D eigenvalue weighted by molar-refractivity contribution is 5.97. The fraction of sp³-hybridized carbons (Fsp3) is 0.222. The van der Waals surface area contributed by atoms with Crippen molar-refractivity contribution < 1.29 is 19.8 Å². The van der Waals surface area contributed by atoms with E-state index in [9.17, 15) is 19.8 Å². The predicted octanol–water partition coefficient (Wildman–Crippen LogP) is 1.80.